The van der Waals surface area contributed by atoms with Crippen LogP contribution in [-0.2, 0) is 18.9 Å². The number of benzene rings is 2. The molecule has 0 aliphatic carbocycles. The third-order valence-electron chi connectivity index (χ3n) is 6.23. The van der Waals surface area contributed by atoms with Gasteiger partial charge in [-0.15, -0.1) is 0 Å². The van der Waals surface area contributed by atoms with Crippen molar-refractivity contribution in [1.82, 2.24) is 19.8 Å². The molecule has 1 aliphatic rings. The molecular weight excluding hydrogens is 564 g/mol. The van der Waals surface area contributed by atoms with Gasteiger partial charge in [0.1, 0.15) is 5.69 Å². The fourth-order valence-corrected chi connectivity index (χ4v) is 4.29. The Balaban J connectivity index is 1.61. The summed E-state index contributed by atoms with van der Waals surface area (Å²) in [5.74, 6) is 0.308. The molecule has 214 valence electrons. The van der Waals surface area contributed by atoms with Crippen molar-refractivity contribution in [2.24, 2.45) is 0 Å². The zero-order valence-electron chi connectivity index (χ0n) is 21.4. The Morgan fingerprint density at radius 2 is 1.60 bits per heavy atom. The number of aromatic nitrogens is 2. The Bertz CT molecular complexity index is 1340. The second-order valence-electron chi connectivity index (χ2n) is 9.29. The van der Waals surface area contributed by atoms with Gasteiger partial charge in [-0.3, -0.25) is 0 Å². The predicted octanol–water partition coefficient (Wildman–Crippen LogP) is 6.22. The number of likely N-dealkylation sites (N-methyl/N-ethyl adjacent to an activating group) is 1. The maximum Gasteiger partial charge on any atom is 0.416 e. The average Bonchev–Trinajstić information content (AvgIpc) is 2.88. The van der Waals surface area contributed by atoms with E-state index >= 15 is 0 Å². The summed E-state index contributed by atoms with van der Waals surface area (Å²) in [6.45, 7) is 2.32. The molecule has 0 radical (unpaired) electrons. The molecule has 1 aromatic heterocycles. The van der Waals surface area contributed by atoms with Crippen LogP contribution in [0.25, 0.3) is 11.3 Å². The maximum atomic E-state index is 13.2. The minimum Gasteiger partial charge on any atom is -0.406 e. The van der Waals surface area contributed by atoms with E-state index < -0.39 is 36.1 Å². The quantitative estimate of drug-likeness (QED) is 0.331. The van der Waals surface area contributed by atoms with Crippen LogP contribution in [0.1, 0.15) is 16.7 Å². The van der Waals surface area contributed by atoms with E-state index in [0.29, 0.717) is 41.8 Å². The van der Waals surface area contributed by atoms with Crippen LogP contribution < -0.4 is 9.64 Å². The average molecular weight is 588 g/mol. The highest BCUT2D eigenvalue weighted by molar-refractivity contribution is 6.33. The van der Waals surface area contributed by atoms with Crippen molar-refractivity contribution in [1.29, 1.82) is 0 Å². The molecule has 0 atom stereocenters. The molecule has 1 aliphatic heterocycles. The summed E-state index contributed by atoms with van der Waals surface area (Å²) in [6.07, 6.45) is -9.78. The largest absolute Gasteiger partial charge is 0.416 e. The molecule has 0 unspecified atom stereocenters. The van der Waals surface area contributed by atoms with Crippen LogP contribution in [0.4, 0.5) is 37.1 Å². The molecule has 14 heteroatoms. The monoisotopic (exact) mass is 587 g/mol. The number of piperazine rings is 1. The number of nitrogens with zero attached hydrogens (tertiary/aromatic N) is 5. The Labute approximate surface area is 230 Å². The highest BCUT2D eigenvalue weighted by Crippen LogP contribution is 2.37. The molecular formula is C26H24ClF6N5O2. The first-order valence-electron chi connectivity index (χ1n) is 12.0. The number of hydrogen-bond acceptors (Lipinski definition) is 6. The summed E-state index contributed by atoms with van der Waals surface area (Å²) in [6, 6.07) is 7.85. The smallest absolute Gasteiger partial charge is 0.406 e. The Kier molecular flexibility index (Phi) is 8.45. The van der Waals surface area contributed by atoms with Crippen molar-refractivity contribution in [3.63, 3.8) is 0 Å². The van der Waals surface area contributed by atoms with Crippen LogP contribution in [0.2, 0.25) is 5.02 Å². The minimum atomic E-state index is -5.01. The lowest BCUT2D eigenvalue weighted by Gasteiger charge is -2.32. The van der Waals surface area contributed by atoms with Gasteiger partial charge in [0, 0.05) is 45.3 Å². The van der Waals surface area contributed by atoms with Crippen molar-refractivity contribution in [3.8, 4) is 17.0 Å². The van der Waals surface area contributed by atoms with Crippen LogP contribution in [0.3, 0.4) is 0 Å². The number of carbonyl (C=O) groups is 1. The summed E-state index contributed by atoms with van der Waals surface area (Å²) in [5.41, 5.74) is -2.69. The van der Waals surface area contributed by atoms with Crippen LogP contribution in [0.5, 0.6) is 5.75 Å². The molecule has 2 aromatic carbocycles. The van der Waals surface area contributed by atoms with Gasteiger partial charge in [-0.05, 0) is 36.9 Å². The minimum absolute atomic E-state index is 0.0248. The van der Waals surface area contributed by atoms with Crippen LogP contribution in [0, 0.1) is 0 Å². The number of amides is 1. The summed E-state index contributed by atoms with van der Waals surface area (Å²) in [4.78, 5) is 26.8. The summed E-state index contributed by atoms with van der Waals surface area (Å²) in [5, 5.41) is 0.319. The number of carbonyl (C=O) groups excluding carboxylic acids is 1. The first-order chi connectivity index (χ1) is 18.7. The van der Waals surface area contributed by atoms with Crippen molar-refractivity contribution in [2.45, 2.75) is 18.9 Å². The number of alkyl halides is 6. The fraction of sp³-hybridized carbons (Fsp3) is 0.346. The Morgan fingerprint density at radius 3 is 2.17 bits per heavy atom. The summed E-state index contributed by atoms with van der Waals surface area (Å²) >= 11 is 6.38. The van der Waals surface area contributed by atoms with Gasteiger partial charge in [0.2, 0.25) is 5.95 Å². The first-order valence-corrected chi connectivity index (χ1v) is 12.4. The molecule has 4 rings (SSSR count). The van der Waals surface area contributed by atoms with Crippen molar-refractivity contribution < 1.29 is 35.9 Å². The zero-order valence-corrected chi connectivity index (χ0v) is 22.1. The van der Waals surface area contributed by atoms with Gasteiger partial charge in [-0.2, -0.15) is 26.3 Å². The highest BCUT2D eigenvalue weighted by atomic mass is 35.5. The van der Waals surface area contributed by atoms with Gasteiger partial charge >= 0.3 is 18.4 Å². The van der Waals surface area contributed by atoms with Crippen molar-refractivity contribution in [3.05, 3.63) is 70.4 Å². The van der Waals surface area contributed by atoms with Gasteiger partial charge in [-0.1, -0.05) is 29.8 Å². The zero-order chi connectivity index (χ0) is 29.2. The van der Waals surface area contributed by atoms with Crippen molar-refractivity contribution in [2.75, 3.05) is 45.2 Å². The van der Waals surface area contributed by atoms with Gasteiger partial charge in [0.15, 0.2) is 5.75 Å². The lowest BCUT2D eigenvalue weighted by atomic mass is 10.0. The van der Waals surface area contributed by atoms with E-state index in [2.05, 4.69) is 14.9 Å². The number of ether oxygens (including phenoxy) is 1. The molecule has 7 nitrogen and oxygen atoms in total. The maximum absolute atomic E-state index is 13.2. The van der Waals surface area contributed by atoms with E-state index in [1.54, 1.807) is 24.3 Å². The summed E-state index contributed by atoms with van der Waals surface area (Å²) < 4.78 is 84.9. The van der Waals surface area contributed by atoms with E-state index in [9.17, 15) is 31.1 Å². The predicted molar refractivity (Wildman–Crippen MR) is 136 cm³/mol. The molecule has 0 spiro atoms. The van der Waals surface area contributed by atoms with E-state index in [0.717, 1.165) is 18.0 Å². The number of anilines is 1. The Morgan fingerprint density at radius 1 is 1.00 bits per heavy atom. The van der Waals surface area contributed by atoms with Gasteiger partial charge in [-0.25, -0.2) is 14.8 Å². The summed E-state index contributed by atoms with van der Waals surface area (Å²) in [7, 11) is 3.18. The molecule has 1 saturated heterocycles. The lowest BCUT2D eigenvalue weighted by Crippen LogP contribution is -2.45. The molecule has 1 amide bonds. The molecule has 0 saturated carbocycles. The van der Waals surface area contributed by atoms with E-state index in [1.165, 1.54) is 13.2 Å². The van der Waals surface area contributed by atoms with Gasteiger partial charge < -0.3 is 19.4 Å². The molecule has 0 N–H and O–H groups in total. The van der Waals surface area contributed by atoms with Gasteiger partial charge in [0.05, 0.1) is 22.3 Å². The number of halogens is 7. The fourth-order valence-electron chi connectivity index (χ4n) is 4.06. The van der Waals surface area contributed by atoms with Crippen LogP contribution in [0.15, 0.2) is 48.7 Å². The topological polar surface area (TPSA) is 61.8 Å². The van der Waals surface area contributed by atoms with E-state index in [4.69, 9.17) is 16.3 Å². The third kappa shape index (κ3) is 6.94. The van der Waals surface area contributed by atoms with Crippen molar-refractivity contribution >= 4 is 23.6 Å². The molecule has 0 bridgehead atoms. The molecule has 3 aromatic rings. The lowest BCUT2D eigenvalue weighted by molar-refractivity contribution is -0.143. The van der Waals surface area contributed by atoms with E-state index in [1.807, 2.05) is 11.9 Å². The van der Waals surface area contributed by atoms with Gasteiger partial charge in [0.25, 0.3) is 0 Å². The molecule has 1 fully saturated rings. The third-order valence-corrected chi connectivity index (χ3v) is 6.56. The van der Waals surface area contributed by atoms with E-state index in [-0.39, 0.29) is 23.1 Å². The number of rotatable bonds is 5. The highest BCUT2D eigenvalue weighted by Gasteiger charge is 2.37. The van der Waals surface area contributed by atoms with Crippen LogP contribution in [-0.4, -0.2) is 66.1 Å². The first kappa shape index (κ1) is 29.4. The second kappa shape index (κ2) is 11.5. The number of hydrogen-bond donors (Lipinski definition) is 0. The molecule has 2 heterocycles. The molecule has 40 heavy (non-hydrogen) atoms. The standard InChI is InChI=1S/C26H24ClF6N5O2/c1-36-7-9-38(10-8-36)23-34-14-21(22(35-23)19-5-3-4-6-20(19)27)40-24(39)37(2)15-16-11-17(25(28,29)30)13-18(12-16)26(31,32)33/h3-6,11-14H,7-10,15H2,1-2H3. The normalized spacial score (nSPS) is 14.8. The SMILES string of the molecule is CN1CCN(c2ncc(OC(=O)N(C)Cc3cc(C(F)(F)F)cc(C(F)(F)F)c3)c(-c3ccccc3Cl)n2)CC1. The van der Waals surface area contributed by atoms with Crippen LogP contribution >= 0.6 is 11.6 Å². The Hall–Kier alpha value is -3.58. The second-order valence-corrected chi connectivity index (χ2v) is 9.70.